The number of amides is 1. The number of hydrogen-bond acceptors (Lipinski definition) is 3. The molecule has 1 aliphatic heterocycles. The van der Waals surface area contributed by atoms with Gasteiger partial charge in [0.25, 0.3) is 0 Å². The molecule has 0 atom stereocenters. The zero-order valence-corrected chi connectivity index (χ0v) is 17.1. The molecule has 3 heterocycles. The van der Waals surface area contributed by atoms with Gasteiger partial charge in [-0.3, -0.25) is 14.5 Å². The first kappa shape index (κ1) is 19.0. The topological polar surface area (TPSA) is 81.6 Å². The number of aromatic amines is 1. The number of aryl methyl sites for hydroxylation is 2. The highest BCUT2D eigenvalue weighted by Gasteiger charge is 2.27. The van der Waals surface area contributed by atoms with Crippen LogP contribution in [0.2, 0.25) is 0 Å². The second-order valence-corrected chi connectivity index (χ2v) is 7.37. The van der Waals surface area contributed by atoms with Gasteiger partial charge in [0.2, 0.25) is 5.91 Å². The van der Waals surface area contributed by atoms with Crippen LogP contribution in [0.5, 0.6) is 0 Å². The molecular weight excluding hydrogens is 366 g/mol. The zero-order chi connectivity index (χ0) is 20.4. The average molecular weight is 393 g/mol. The molecule has 2 aromatic heterocycles. The predicted molar refractivity (Wildman–Crippen MR) is 115 cm³/mol. The Balaban J connectivity index is 1.35. The molecule has 1 amide bonds. The quantitative estimate of drug-likeness (QED) is 0.522. The van der Waals surface area contributed by atoms with Gasteiger partial charge >= 0.3 is 0 Å². The molecule has 29 heavy (non-hydrogen) atoms. The Morgan fingerprint density at radius 3 is 2.93 bits per heavy atom. The normalized spacial score (nSPS) is 15.4. The van der Waals surface area contributed by atoms with Crippen molar-refractivity contribution < 1.29 is 4.79 Å². The van der Waals surface area contributed by atoms with Crippen LogP contribution in [0.25, 0.3) is 10.9 Å². The van der Waals surface area contributed by atoms with Gasteiger partial charge in [-0.2, -0.15) is 5.10 Å². The second kappa shape index (κ2) is 7.98. The minimum atomic E-state index is 0.0549. The highest BCUT2D eigenvalue weighted by atomic mass is 16.2. The number of piperazine rings is 1. The minimum absolute atomic E-state index is 0.0549. The third-order valence-corrected chi connectivity index (χ3v) is 5.42. The first-order chi connectivity index (χ1) is 14.1. The fraction of sp³-hybridized carbons (Fsp3) is 0.381. The molecule has 0 unspecified atom stereocenters. The number of rotatable bonds is 4. The molecule has 2 N–H and O–H groups in total. The Morgan fingerprint density at radius 2 is 2.21 bits per heavy atom. The van der Waals surface area contributed by atoms with Gasteiger partial charge in [-0.15, -0.1) is 0 Å². The van der Waals surface area contributed by atoms with Crippen LogP contribution >= 0.6 is 0 Å². The van der Waals surface area contributed by atoms with Gasteiger partial charge in [-0.1, -0.05) is 18.2 Å². The number of H-pyrrole nitrogens is 1. The second-order valence-electron chi connectivity index (χ2n) is 7.37. The molecule has 0 aliphatic carbocycles. The first-order valence-electron chi connectivity index (χ1n) is 9.87. The van der Waals surface area contributed by atoms with Crippen molar-refractivity contribution in [1.82, 2.24) is 25.0 Å². The predicted octanol–water partition coefficient (Wildman–Crippen LogP) is 1.68. The van der Waals surface area contributed by atoms with Crippen molar-refractivity contribution in [3.8, 4) is 0 Å². The first-order valence-corrected chi connectivity index (χ1v) is 9.87. The Kier molecular flexibility index (Phi) is 5.24. The van der Waals surface area contributed by atoms with Crippen molar-refractivity contribution in [2.75, 3.05) is 38.1 Å². The third-order valence-electron chi connectivity index (χ3n) is 5.42. The molecule has 4 rings (SSSR count). The number of guanidine groups is 1. The van der Waals surface area contributed by atoms with E-state index in [4.69, 9.17) is 0 Å². The van der Waals surface area contributed by atoms with E-state index in [1.807, 2.05) is 18.1 Å². The van der Waals surface area contributed by atoms with Crippen molar-refractivity contribution in [3.05, 3.63) is 47.9 Å². The summed E-state index contributed by atoms with van der Waals surface area (Å²) in [6.45, 7) is 4.52. The fourth-order valence-electron chi connectivity index (χ4n) is 3.89. The Bertz CT molecular complexity index is 1050. The van der Waals surface area contributed by atoms with Crippen molar-refractivity contribution in [1.29, 1.82) is 0 Å². The summed E-state index contributed by atoms with van der Waals surface area (Å²) in [4.78, 5) is 24.2. The van der Waals surface area contributed by atoms with Gasteiger partial charge in [0.15, 0.2) is 5.96 Å². The van der Waals surface area contributed by atoms with E-state index < -0.39 is 0 Å². The van der Waals surface area contributed by atoms with Gasteiger partial charge in [-0.25, -0.2) is 0 Å². The molecule has 0 bridgehead atoms. The van der Waals surface area contributed by atoms with Crippen LogP contribution in [0, 0.1) is 6.92 Å². The van der Waals surface area contributed by atoms with Gasteiger partial charge in [0.05, 0.1) is 11.9 Å². The van der Waals surface area contributed by atoms with E-state index in [0.717, 1.165) is 31.2 Å². The average Bonchev–Trinajstić information content (AvgIpc) is 3.32. The molecule has 1 aliphatic rings. The lowest BCUT2D eigenvalue weighted by molar-refractivity contribution is -0.120. The Morgan fingerprint density at radius 1 is 1.34 bits per heavy atom. The molecule has 0 saturated carbocycles. The number of carbonyl (C=O) groups excluding carboxylic acids is 1. The molecule has 152 valence electrons. The SMILES string of the molecule is CN=C(NCCc1c[nH]c2c(C)cccc12)N1CCN(c2cnn(C)c2)C(=O)C1. The van der Waals surface area contributed by atoms with Gasteiger partial charge in [0.1, 0.15) is 6.54 Å². The maximum absolute atomic E-state index is 12.6. The van der Waals surface area contributed by atoms with E-state index in [1.54, 1.807) is 22.8 Å². The van der Waals surface area contributed by atoms with E-state index in [9.17, 15) is 4.79 Å². The number of fused-ring (bicyclic) bond motifs is 1. The number of nitrogens with zero attached hydrogens (tertiary/aromatic N) is 5. The van der Waals surface area contributed by atoms with Gasteiger partial charge < -0.3 is 20.1 Å². The lowest BCUT2D eigenvalue weighted by Gasteiger charge is -2.35. The molecule has 0 radical (unpaired) electrons. The maximum atomic E-state index is 12.6. The maximum Gasteiger partial charge on any atom is 0.246 e. The third kappa shape index (κ3) is 3.83. The lowest BCUT2D eigenvalue weighted by Crippen LogP contribution is -2.55. The number of aromatic nitrogens is 3. The van der Waals surface area contributed by atoms with Gasteiger partial charge in [0, 0.05) is 57.0 Å². The van der Waals surface area contributed by atoms with Crippen molar-refractivity contribution in [3.63, 3.8) is 0 Å². The van der Waals surface area contributed by atoms with Crippen LogP contribution in [0.4, 0.5) is 5.69 Å². The molecule has 1 saturated heterocycles. The minimum Gasteiger partial charge on any atom is -0.361 e. The zero-order valence-electron chi connectivity index (χ0n) is 17.1. The summed E-state index contributed by atoms with van der Waals surface area (Å²) in [5, 5.41) is 8.84. The summed E-state index contributed by atoms with van der Waals surface area (Å²) in [6, 6.07) is 6.36. The van der Waals surface area contributed by atoms with Crippen LogP contribution in [0.1, 0.15) is 11.1 Å². The summed E-state index contributed by atoms with van der Waals surface area (Å²) in [5.41, 5.74) is 4.57. The Labute approximate surface area is 170 Å². The molecule has 1 fully saturated rings. The summed E-state index contributed by atoms with van der Waals surface area (Å²) in [6.07, 6.45) is 6.55. The highest BCUT2D eigenvalue weighted by molar-refractivity contribution is 5.98. The summed E-state index contributed by atoms with van der Waals surface area (Å²) < 4.78 is 1.71. The number of anilines is 1. The summed E-state index contributed by atoms with van der Waals surface area (Å²) in [5.74, 6) is 0.819. The van der Waals surface area contributed by atoms with E-state index in [-0.39, 0.29) is 5.91 Å². The number of nitrogens with one attached hydrogen (secondary N) is 2. The monoisotopic (exact) mass is 393 g/mol. The molecule has 8 nitrogen and oxygen atoms in total. The fourth-order valence-corrected chi connectivity index (χ4v) is 3.89. The van der Waals surface area contributed by atoms with Crippen molar-refractivity contribution in [2.24, 2.45) is 12.0 Å². The van der Waals surface area contributed by atoms with E-state index >= 15 is 0 Å². The Hall–Kier alpha value is -3.29. The van der Waals surface area contributed by atoms with E-state index in [1.165, 1.54) is 22.0 Å². The lowest BCUT2D eigenvalue weighted by atomic mass is 10.1. The highest BCUT2D eigenvalue weighted by Crippen LogP contribution is 2.21. The number of carbonyl (C=O) groups is 1. The van der Waals surface area contributed by atoms with Crippen molar-refractivity contribution >= 4 is 28.5 Å². The molecule has 8 heteroatoms. The smallest absolute Gasteiger partial charge is 0.246 e. The van der Waals surface area contributed by atoms with Crippen molar-refractivity contribution in [2.45, 2.75) is 13.3 Å². The number of benzene rings is 1. The number of aliphatic imine (C=N–C) groups is 1. The molecular formula is C21H27N7O. The summed E-state index contributed by atoms with van der Waals surface area (Å²) in [7, 11) is 3.61. The standard InChI is InChI=1S/C21H27N7O/c1-15-5-4-6-18-16(11-24-20(15)18)7-8-23-21(22-2)27-9-10-28(19(29)14-27)17-12-25-26(3)13-17/h4-6,11-13,24H,7-10,14H2,1-3H3,(H,22,23). The molecule has 0 spiro atoms. The van der Waals surface area contributed by atoms with Crippen LogP contribution in [0.15, 0.2) is 41.8 Å². The van der Waals surface area contributed by atoms with Gasteiger partial charge in [-0.05, 0) is 24.5 Å². The van der Waals surface area contributed by atoms with E-state index in [2.05, 4.69) is 51.7 Å². The van der Waals surface area contributed by atoms with E-state index in [0.29, 0.717) is 13.1 Å². The number of hydrogen-bond donors (Lipinski definition) is 2. The van der Waals surface area contributed by atoms with Crippen LogP contribution in [-0.2, 0) is 18.3 Å². The number of para-hydroxylation sites is 1. The van der Waals surface area contributed by atoms with Crippen LogP contribution in [-0.4, -0.2) is 64.8 Å². The van der Waals surface area contributed by atoms with Crippen LogP contribution in [0.3, 0.4) is 0 Å². The van der Waals surface area contributed by atoms with Crippen LogP contribution < -0.4 is 10.2 Å². The molecule has 1 aromatic carbocycles. The largest absolute Gasteiger partial charge is 0.361 e. The molecule has 3 aromatic rings. The summed E-state index contributed by atoms with van der Waals surface area (Å²) >= 11 is 0.